The van der Waals surface area contributed by atoms with Crippen molar-refractivity contribution in [3.05, 3.63) is 58.4 Å². The molecule has 0 radical (unpaired) electrons. The molecule has 156 valence electrons. The van der Waals surface area contributed by atoms with Crippen LogP contribution in [0.25, 0.3) is 0 Å². The van der Waals surface area contributed by atoms with Gasteiger partial charge in [-0.2, -0.15) is 0 Å². The lowest BCUT2D eigenvalue weighted by Gasteiger charge is -2.38. The normalized spacial score (nSPS) is 29.1. The summed E-state index contributed by atoms with van der Waals surface area (Å²) in [4.78, 5) is 2.47. The fraction of sp³-hybridized carbons (Fsp3) is 0.615. The molecule has 0 N–H and O–H groups in total. The van der Waals surface area contributed by atoms with E-state index in [2.05, 4.69) is 64.3 Å². The van der Waals surface area contributed by atoms with Crippen LogP contribution in [-0.4, -0.2) is 23.7 Å². The molecule has 2 aliphatic rings. The molecule has 1 fully saturated rings. The summed E-state index contributed by atoms with van der Waals surface area (Å²) in [7, 11) is 0. The molecule has 0 spiro atoms. The number of halogens is 1. The molecule has 0 aromatic heterocycles. The van der Waals surface area contributed by atoms with Gasteiger partial charge in [0.1, 0.15) is 5.67 Å². The Labute approximate surface area is 172 Å². The summed E-state index contributed by atoms with van der Waals surface area (Å²) in [5, 5.41) is 0. The lowest BCUT2D eigenvalue weighted by molar-refractivity contribution is 0.0935. The van der Waals surface area contributed by atoms with Gasteiger partial charge >= 0.3 is 0 Å². The summed E-state index contributed by atoms with van der Waals surface area (Å²) >= 11 is 0. The van der Waals surface area contributed by atoms with Crippen LogP contribution >= 0.6 is 0 Å². The van der Waals surface area contributed by atoms with Gasteiger partial charge in [0.2, 0.25) is 0 Å². The van der Waals surface area contributed by atoms with Gasteiger partial charge in [-0.25, -0.2) is 4.39 Å². The molecule has 28 heavy (non-hydrogen) atoms. The topological polar surface area (TPSA) is 3.24 Å². The zero-order chi connectivity index (χ0) is 20.9. The van der Waals surface area contributed by atoms with E-state index in [1.54, 1.807) is 6.92 Å². The molecule has 0 amide bonds. The van der Waals surface area contributed by atoms with Crippen LogP contribution in [0.3, 0.4) is 0 Å². The third-order valence-corrected chi connectivity index (χ3v) is 6.72. The number of allylic oxidation sites excluding steroid dienone is 6. The fourth-order valence-electron chi connectivity index (χ4n) is 4.44. The van der Waals surface area contributed by atoms with E-state index >= 15 is 0 Å². The fourth-order valence-corrected chi connectivity index (χ4v) is 4.44. The van der Waals surface area contributed by atoms with Crippen LogP contribution in [0, 0.1) is 5.92 Å². The Kier molecular flexibility index (Phi) is 7.92. The van der Waals surface area contributed by atoms with E-state index in [1.165, 1.54) is 28.0 Å². The largest absolute Gasteiger partial charge is 0.367 e. The van der Waals surface area contributed by atoms with Gasteiger partial charge in [-0.15, -0.1) is 0 Å². The average Bonchev–Trinajstić information content (AvgIpc) is 2.67. The van der Waals surface area contributed by atoms with Crippen LogP contribution in [-0.2, 0) is 0 Å². The van der Waals surface area contributed by atoms with Crippen molar-refractivity contribution in [1.29, 1.82) is 0 Å². The van der Waals surface area contributed by atoms with E-state index in [-0.39, 0.29) is 0 Å². The van der Waals surface area contributed by atoms with E-state index in [9.17, 15) is 4.39 Å². The van der Waals surface area contributed by atoms with Gasteiger partial charge in [-0.1, -0.05) is 38.2 Å². The van der Waals surface area contributed by atoms with Crippen LogP contribution in [0.1, 0.15) is 80.1 Å². The Morgan fingerprint density at radius 3 is 2.46 bits per heavy atom. The minimum atomic E-state index is -0.965. The molecular formula is C26H40FN. The quantitative estimate of drug-likeness (QED) is 0.424. The summed E-state index contributed by atoms with van der Waals surface area (Å²) in [5.41, 5.74) is 6.90. The smallest absolute Gasteiger partial charge is 0.108 e. The molecule has 0 bridgehead atoms. The highest BCUT2D eigenvalue weighted by Gasteiger charge is 2.32. The van der Waals surface area contributed by atoms with E-state index in [4.69, 9.17) is 0 Å². The Morgan fingerprint density at radius 2 is 1.93 bits per heavy atom. The summed E-state index contributed by atoms with van der Waals surface area (Å²) in [5.74, 6) is 0.569. The van der Waals surface area contributed by atoms with Crippen LogP contribution in [0.15, 0.2) is 58.4 Å². The third-order valence-electron chi connectivity index (χ3n) is 6.72. The second-order valence-electron chi connectivity index (χ2n) is 8.87. The maximum Gasteiger partial charge on any atom is 0.108 e. The van der Waals surface area contributed by atoms with E-state index in [0.29, 0.717) is 18.8 Å². The molecule has 0 aromatic rings. The monoisotopic (exact) mass is 385 g/mol. The highest BCUT2D eigenvalue weighted by molar-refractivity contribution is 5.52. The average molecular weight is 386 g/mol. The standard InChI is InChI=1S/C26H40FN/c1-8-19(4)24(10-3)23(9-2)17-25-21(6)20(5)13-16-28(25)18-22-11-14-26(7,27)15-12-22/h9,13,17,22H,6,8,10-12,14-16,18H2,1-5,7H3/b23-9+,24-19+,25-17+. The van der Waals surface area contributed by atoms with Gasteiger partial charge in [0.05, 0.1) is 0 Å². The first-order chi connectivity index (χ1) is 13.2. The SMILES string of the molecule is C=C1C(C)=CCN(CC2CCC(C)(F)CC2)/C1=C/C(=C\C)C(/CC)=C(\C)CC. The second-order valence-corrected chi connectivity index (χ2v) is 8.87. The second kappa shape index (κ2) is 9.76. The van der Waals surface area contributed by atoms with Crippen LogP contribution < -0.4 is 0 Å². The Morgan fingerprint density at radius 1 is 1.29 bits per heavy atom. The maximum atomic E-state index is 14.2. The van der Waals surface area contributed by atoms with Crippen molar-refractivity contribution in [2.75, 3.05) is 13.1 Å². The number of nitrogens with zero attached hydrogens (tertiary/aromatic N) is 1. The van der Waals surface area contributed by atoms with Gasteiger partial charge < -0.3 is 4.90 Å². The highest BCUT2D eigenvalue weighted by Crippen LogP contribution is 2.37. The van der Waals surface area contributed by atoms with E-state index < -0.39 is 5.67 Å². The molecular weight excluding hydrogens is 345 g/mol. The molecule has 0 atom stereocenters. The Hall–Kier alpha value is -1.57. The molecule has 1 nitrogen and oxygen atoms in total. The molecule has 1 heterocycles. The zero-order valence-corrected chi connectivity index (χ0v) is 19.0. The van der Waals surface area contributed by atoms with Gasteiger partial charge in [-0.05, 0) is 101 Å². The minimum Gasteiger partial charge on any atom is -0.367 e. The number of rotatable bonds is 6. The Bertz CT molecular complexity index is 692. The van der Waals surface area contributed by atoms with Crippen molar-refractivity contribution in [3.63, 3.8) is 0 Å². The molecule has 0 unspecified atom stereocenters. The van der Waals surface area contributed by atoms with Crippen molar-refractivity contribution in [2.45, 2.75) is 85.7 Å². The molecule has 1 saturated carbocycles. The predicted octanol–water partition coefficient (Wildman–Crippen LogP) is 7.69. The van der Waals surface area contributed by atoms with Crippen molar-refractivity contribution in [2.24, 2.45) is 5.92 Å². The molecule has 2 rings (SSSR count). The minimum absolute atomic E-state index is 0.569. The van der Waals surface area contributed by atoms with Gasteiger partial charge in [0.25, 0.3) is 0 Å². The lowest BCUT2D eigenvalue weighted by Crippen LogP contribution is -2.36. The highest BCUT2D eigenvalue weighted by atomic mass is 19.1. The van der Waals surface area contributed by atoms with Crippen LogP contribution in [0.5, 0.6) is 0 Å². The molecule has 1 aliphatic heterocycles. The zero-order valence-electron chi connectivity index (χ0n) is 19.0. The van der Waals surface area contributed by atoms with Crippen molar-refractivity contribution >= 4 is 0 Å². The molecule has 1 aliphatic carbocycles. The summed E-state index contributed by atoms with van der Waals surface area (Å²) in [6, 6.07) is 0. The molecule has 0 aromatic carbocycles. The number of alkyl halides is 1. The molecule has 0 saturated heterocycles. The first-order valence-corrected chi connectivity index (χ1v) is 11.1. The van der Waals surface area contributed by atoms with E-state index in [1.807, 2.05) is 0 Å². The van der Waals surface area contributed by atoms with Crippen molar-refractivity contribution < 1.29 is 4.39 Å². The van der Waals surface area contributed by atoms with Crippen LogP contribution in [0.2, 0.25) is 0 Å². The summed E-state index contributed by atoms with van der Waals surface area (Å²) in [6.07, 6.45) is 12.3. The van der Waals surface area contributed by atoms with Gasteiger partial charge in [0, 0.05) is 18.8 Å². The predicted molar refractivity (Wildman–Crippen MR) is 121 cm³/mol. The maximum absolute atomic E-state index is 14.2. The summed E-state index contributed by atoms with van der Waals surface area (Å²) < 4.78 is 14.2. The van der Waals surface area contributed by atoms with Crippen molar-refractivity contribution in [3.8, 4) is 0 Å². The lowest BCUT2D eigenvalue weighted by atomic mass is 9.80. The van der Waals surface area contributed by atoms with Crippen LogP contribution in [0.4, 0.5) is 4.39 Å². The molecule has 2 heteroatoms. The first-order valence-electron chi connectivity index (χ1n) is 11.1. The van der Waals surface area contributed by atoms with Crippen molar-refractivity contribution in [1.82, 2.24) is 4.90 Å². The number of hydrogen-bond donors (Lipinski definition) is 0. The van der Waals surface area contributed by atoms with Gasteiger partial charge in [0.15, 0.2) is 0 Å². The third kappa shape index (κ3) is 5.49. The van der Waals surface area contributed by atoms with E-state index in [0.717, 1.165) is 44.3 Å². The van der Waals surface area contributed by atoms with Gasteiger partial charge in [-0.3, -0.25) is 0 Å². The summed E-state index contributed by atoms with van der Waals surface area (Å²) in [6.45, 7) is 19.1. The Balaban J connectivity index is 2.30. The number of hydrogen-bond acceptors (Lipinski definition) is 1. The first kappa shape index (κ1) is 22.7.